The minimum absolute atomic E-state index is 0.0199. The van der Waals surface area contributed by atoms with E-state index in [-0.39, 0.29) is 47.6 Å². The highest BCUT2D eigenvalue weighted by molar-refractivity contribution is 6.22. The fourth-order valence-corrected chi connectivity index (χ4v) is 6.18. The highest BCUT2D eigenvalue weighted by atomic mass is 16.5. The number of carbonyl (C=O) groups excluding carboxylic acids is 3. The van der Waals surface area contributed by atoms with E-state index in [4.69, 9.17) is 4.74 Å². The van der Waals surface area contributed by atoms with Gasteiger partial charge in [0.15, 0.2) is 0 Å². The van der Waals surface area contributed by atoms with Gasteiger partial charge in [0.2, 0.25) is 11.8 Å². The number of ether oxygens (including phenoxy) is 1. The van der Waals surface area contributed by atoms with Crippen LogP contribution in [0.5, 0.6) is 0 Å². The maximum absolute atomic E-state index is 13.1. The van der Waals surface area contributed by atoms with Gasteiger partial charge in [0, 0.05) is 0 Å². The largest absolute Gasteiger partial charge is 0.459 e. The fraction of sp³-hybridized carbons (Fsp3) is 0.522. The van der Waals surface area contributed by atoms with E-state index in [0.717, 1.165) is 32.1 Å². The predicted octanol–water partition coefficient (Wildman–Crippen LogP) is 3.34. The number of carbonyl (C=O) groups is 3. The molecule has 4 fully saturated rings. The first-order valence-electron chi connectivity index (χ1n) is 10.5. The van der Waals surface area contributed by atoms with E-state index in [9.17, 15) is 14.4 Å². The highest BCUT2D eigenvalue weighted by Crippen LogP contribution is 2.65. The third-order valence-electron chi connectivity index (χ3n) is 7.60. The van der Waals surface area contributed by atoms with Crippen molar-refractivity contribution >= 4 is 23.5 Å². The van der Waals surface area contributed by atoms with Gasteiger partial charge in [-0.15, -0.1) is 0 Å². The number of allylic oxidation sites excluding steroid dienone is 2. The van der Waals surface area contributed by atoms with E-state index in [0.29, 0.717) is 23.1 Å². The number of benzene rings is 1. The maximum Gasteiger partial charge on any atom is 0.338 e. The molecule has 0 N–H and O–H groups in total. The summed E-state index contributed by atoms with van der Waals surface area (Å²) in [5, 5.41) is 0. The molecule has 1 saturated heterocycles. The van der Waals surface area contributed by atoms with E-state index in [2.05, 4.69) is 12.2 Å². The Morgan fingerprint density at radius 3 is 2.04 bits per heavy atom. The van der Waals surface area contributed by atoms with Crippen LogP contribution in [0.25, 0.3) is 0 Å². The van der Waals surface area contributed by atoms with Gasteiger partial charge in [0.25, 0.3) is 0 Å². The van der Waals surface area contributed by atoms with Gasteiger partial charge in [-0.3, -0.25) is 14.5 Å². The molecule has 2 bridgehead atoms. The number of amides is 2. The smallest absolute Gasteiger partial charge is 0.338 e. The van der Waals surface area contributed by atoms with Crippen molar-refractivity contribution in [2.45, 2.75) is 38.2 Å². The normalized spacial score (nSPS) is 37.9. The molecular weight excluding hydrogens is 354 g/mol. The van der Waals surface area contributed by atoms with Crippen molar-refractivity contribution in [2.24, 2.45) is 35.5 Å². The Morgan fingerprint density at radius 1 is 0.893 bits per heavy atom. The third-order valence-corrected chi connectivity index (χ3v) is 7.60. The van der Waals surface area contributed by atoms with Crippen LogP contribution in [-0.4, -0.2) is 23.9 Å². The first-order chi connectivity index (χ1) is 13.6. The quantitative estimate of drug-likeness (QED) is 0.460. The Hall–Kier alpha value is -2.43. The predicted molar refractivity (Wildman–Crippen MR) is 101 cm³/mol. The van der Waals surface area contributed by atoms with Gasteiger partial charge in [-0.05, 0) is 80.0 Å². The highest BCUT2D eigenvalue weighted by Gasteiger charge is 2.67. The summed E-state index contributed by atoms with van der Waals surface area (Å²) >= 11 is 0. The van der Waals surface area contributed by atoms with E-state index in [1.54, 1.807) is 24.3 Å². The number of hydrogen-bond acceptors (Lipinski definition) is 4. The molecule has 1 aliphatic heterocycles. The topological polar surface area (TPSA) is 63.7 Å². The summed E-state index contributed by atoms with van der Waals surface area (Å²) in [6.07, 6.45) is 9.62. The van der Waals surface area contributed by atoms with Crippen LogP contribution in [0.3, 0.4) is 0 Å². The average Bonchev–Trinajstić information content (AvgIpc) is 3.32. The maximum atomic E-state index is 13.1. The zero-order chi connectivity index (χ0) is 19.0. The summed E-state index contributed by atoms with van der Waals surface area (Å²) in [5.74, 6) is 0.789. The second kappa shape index (κ2) is 5.79. The Balaban J connectivity index is 1.23. The molecule has 5 nitrogen and oxygen atoms in total. The van der Waals surface area contributed by atoms with Crippen LogP contribution in [0.1, 0.15) is 42.5 Å². The van der Waals surface area contributed by atoms with E-state index in [1.165, 1.54) is 4.90 Å². The lowest BCUT2D eigenvalue weighted by atomic mass is 9.63. The zero-order valence-electron chi connectivity index (χ0n) is 15.6. The van der Waals surface area contributed by atoms with Gasteiger partial charge in [-0.1, -0.05) is 12.2 Å². The number of rotatable bonds is 3. The van der Waals surface area contributed by atoms with Crippen molar-refractivity contribution in [2.75, 3.05) is 4.90 Å². The molecule has 0 radical (unpaired) electrons. The Morgan fingerprint density at radius 2 is 1.46 bits per heavy atom. The van der Waals surface area contributed by atoms with Crippen molar-refractivity contribution in [1.82, 2.24) is 0 Å². The summed E-state index contributed by atoms with van der Waals surface area (Å²) in [6, 6.07) is 6.74. The molecule has 0 aromatic heterocycles. The van der Waals surface area contributed by atoms with E-state index in [1.807, 2.05) is 0 Å². The lowest BCUT2D eigenvalue weighted by molar-refractivity contribution is -0.124. The molecule has 6 atom stereocenters. The van der Waals surface area contributed by atoms with Gasteiger partial charge < -0.3 is 4.74 Å². The molecule has 5 aliphatic carbocycles. The van der Waals surface area contributed by atoms with Crippen molar-refractivity contribution in [3.8, 4) is 0 Å². The third kappa shape index (κ3) is 2.22. The SMILES string of the molecule is O=C(OC1CCCC1)c1ccc(N2C(=O)[C@@H]3[C@@H]4C=C[C@H]([C@@H]5C[C@H]45)[C@@H]3C2=O)cc1. The molecular formula is C23H23NO4. The lowest BCUT2D eigenvalue weighted by Gasteiger charge is -2.37. The van der Waals surface area contributed by atoms with Crippen LogP contribution in [0.15, 0.2) is 36.4 Å². The molecule has 1 aromatic rings. The number of hydrogen-bond donors (Lipinski definition) is 0. The Bertz CT molecular complexity index is 862. The molecule has 2 amide bonds. The van der Waals surface area contributed by atoms with Gasteiger partial charge >= 0.3 is 5.97 Å². The first kappa shape index (κ1) is 16.5. The van der Waals surface area contributed by atoms with Crippen molar-refractivity contribution < 1.29 is 19.1 Å². The van der Waals surface area contributed by atoms with Crippen molar-refractivity contribution in [3.05, 3.63) is 42.0 Å². The molecule has 5 heteroatoms. The van der Waals surface area contributed by atoms with Gasteiger partial charge in [-0.25, -0.2) is 4.79 Å². The molecule has 7 rings (SSSR count). The van der Waals surface area contributed by atoms with Crippen LogP contribution in [0.4, 0.5) is 5.69 Å². The number of anilines is 1. The summed E-state index contributed by atoms with van der Waals surface area (Å²) in [4.78, 5) is 40.0. The van der Waals surface area contributed by atoms with Crippen LogP contribution in [0, 0.1) is 35.5 Å². The van der Waals surface area contributed by atoms with Crippen LogP contribution in [-0.2, 0) is 14.3 Å². The number of imide groups is 1. The zero-order valence-corrected chi connectivity index (χ0v) is 15.6. The monoisotopic (exact) mass is 377 g/mol. The van der Waals surface area contributed by atoms with Crippen LogP contribution < -0.4 is 4.90 Å². The van der Waals surface area contributed by atoms with Gasteiger partial charge in [-0.2, -0.15) is 0 Å². The van der Waals surface area contributed by atoms with Crippen molar-refractivity contribution in [3.63, 3.8) is 0 Å². The molecule has 3 saturated carbocycles. The summed E-state index contributed by atoms with van der Waals surface area (Å²) in [7, 11) is 0. The average molecular weight is 377 g/mol. The summed E-state index contributed by atoms with van der Waals surface area (Å²) in [5.41, 5.74) is 1.03. The van der Waals surface area contributed by atoms with Crippen molar-refractivity contribution in [1.29, 1.82) is 0 Å². The Kier molecular flexibility index (Phi) is 3.41. The molecule has 6 aliphatic rings. The fourth-order valence-electron chi connectivity index (χ4n) is 6.18. The minimum atomic E-state index is -0.325. The molecule has 0 unspecified atom stereocenters. The van der Waals surface area contributed by atoms with E-state index < -0.39 is 0 Å². The molecule has 0 spiro atoms. The second-order valence-electron chi connectivity index (χ2n) is 9.03. The standard InChI is InChI=1S/C23H23NO4/c25-21-19-15-9-10-16(18-11-17(15)18)20(19)22(26)24(21)13-7-5-12(6-8-13)23(27)28-14-3-1-2-4-14/h5-10,14-20H,1-4,11H2/t15-,16-,17-,18+,19-,20+/m1/s1. The van der Waals surface area contributed by atoms with E-state index >= 15 is 0 Å². The molecule has 1 aromatic carbocycles. The number of nitrogens with zero attached hydrogens (tertiary/aromatic N) is 1. The molecule has 28 heavy (non-hydrogen) atoms. The molecule has 144 valence electrons. The second-order valence-corrected chi connectivity index (χ2v) is 9.03. The lowest BCUT2D eigenvalue weighted by Crippen LogP contribution is -2.40. The summed E-state index contributed by atoms with van der Waals surface area (Å²) < 4.78 is 5.54. The van der Waals surface area contributed by atoms with Gasteiger partial charge in [0.05, 0.1) is 23.1 Å². The van der Waals surface area contributed by atoms with Gasteiger partial charge in [0.1, 0.15) is 6.10 Å². The van der Waals surface area contributed by atoms with Crippen LogP contribution >= 0.6 is 0 Å². The minimum Gasteiger partial charge on any atom is -0.459 e. The first-order valence-corrected chi connectivity index (χ1v) is 10.5. The molecule has 1 heterocycles. The van der Waals surface area contributed by atoms with Crippen LogP contribution in [0.2, 0.25) is 0 Å². The Labute approximate surface area is 163 Å². The summed E-state index contributed by atoms with van der Waals surface area (Å²) in [6.45, 7) is 0. The number of esters is 1.